The summed E-state index contributed by atoms with van der Waals surface area (Å²) in [5.41, 5.74) is 1.15. The normalized spacial score (nSPS) is 12.6. The van der Waals surface area contributed by atoms with Crippen molar-refractivity contribution < 1.29 is 0 Å². The van der Waals surface area contributed by atoms with E-state index in [9.17, 15) is 0 Å². The van der Waals surface area contributed by atoms with Gasteiger partial charge in [0.15, 0.2) is 0 Å². The maximum absolute atomic E-state index is 6.28. The van der Waals surface area contributed by atoms with Crippen molar-refractivity contribution in [1.29, 1.82) is 0 Å². The fraction of sp³-hybridized carbons (Fsp3) is 0.286. The van der Waals surface area contributed by atoms with Gasteiger partial charge in [0.1, 0.15) is 0 Å². The molecule has 1 aromatic heterocycles. The molecular weight excluding hydrogens is 250 g/mol. The van der Waals surface area contributed by atoms with Crippen molar-refractivity contribution in [3.8, 4) is 0 Å². The zero-order chi connectivity index (χ0) is 12.3. The Balaban J connectivity index is 2.39. The Morgan fingerprint density at radius 1 is 1.24 bits per heavy atom. The van der Waals surface area contributed by atoms with Gasteiger partial charge in [0.05, 0.1) is 6.04 Å². The highest BCUT2D eigenvalue weighted by Crippen LogP contribution is 2.32. The molecule has 0 aliphatic rings. The van der Waals surface area contributed by atoms with Gasteiger partial charge in [-0.2, -0.15) is 0 Å². The van der Waals surface area contributed by atoms with Crippen LogP contribution < -0.4 is 5.32 Å². The third-order valence-electron chi connectivity index (χ3n) is 2.67. The molecule has 90 valence electrons. The SMILES string of the molecule is CCNC(c1ccc(C)s1)c1ccccc1Cl. The third kappa shape index (κ3) is 2.89. The number of aryl methyl sites for hydroxylation is 1. The van der Waals surface area contributed by atoms with Crippen molar-refractivity contribution in [3.63, 3.8) is 0 Å². The average molecular weight is 266 g/mol. The molecule has 2 rings (SSSR count). The fourth-order valence-corrected chi connectivity index (χ4v) is 3.10. The summed E-state index contributed by atoms with van der Waals surface area (Å²) >= 11 is 8.09. The van der Waals surface area contributed by atoms with Crippen LogP contribution in [0.2, 0.25) is 5.02 Å². The van der Waals surface area contributed by atoms with Crippen molar-refractivity contribution >= 4 is 22.9 Å². The standard InChI is InChI=1S/C14H16ClNS/c1-3-16-14(13-9-8-10(2)17-13)11-6-4-5-7-12(11)15/h4-9,14,16H,3H2,1-2H3. The van der Waals surface area contributed by atoms with E-state index in [4.69, 9.17) is 11.6 Å². The highest BCUT2D eigenvalue weighted by atomic mass is 35.5. The topological polar surface area (TPSA) is 12.0 Å². The zero-order valence-corrected chi connectivity index (χ0v) is 11.6. The molecule has 0 radical (unpaired) electrons. The van der Waals surface area contributed by atoms with Crippen molar-refractivity contribution in [2.75, 3.05) is 6.54 Å². The Morgan fingerprint density at radius 3 is 2.59 bits per heavy atom. The van der Waals surface area contributed by atoms with Gasteiger partial charge in [-0.15, -0.1) is 11.3 Å². The molecular formula is C14H16ClNS. The first kappa shape index (κ1) is 12.6. The Kier molecular flexibility index (Phi) is 4.21. The highest BCUT2D eigenvalue weighted by Gasteiger charge is 2.16. The van der Waals surface area contributed by atoms with Crippen molar-refractivity contribution in [1.82, 2.24) is 5.32 Å². The third-order valence-corrected chi connectivity index (χ3v) is 4.08. The molecule has 17 heavy (non-hydrogen) atoms. The minimum atomic E-state index is 0.201. The van der Waals surface area contributed by atoms with Crippen LogP contribution in [0.4, 0.5) is 0 Å². The lowest BCUT2D eigenvalue weighted by Gasteiger charge is -2.18. The van der Waals surface area contributed by atoms with E-state index in [2.05, 4.69) is 37.4 Å². The van der Waals surface area contributed by atoms with Gasteiger partial charge in [-0.3, -0.25) is 0 Å². The van der Waals surface area contributed by atoms with Gasteiger partial charge in [0.2, 0.25) is 0 Å². The Hall–Kier alpha value is -0.830. The Bertz CT molecular complexity index is 492. The number of benzene rings is 1. The van der Waals surface area contributed by atoms with Crippen LogP contribution in [0.15, 0.2) is 36.4 Å². The van der Waals surface area contributed by atoms with E-state index < -0.39 is 0 Å². The van der Waals surface area contributed by atoms with Gasteiger partial charge >= 0.3 is 0 Å². The van der Waals surface area contributed by atoms with E-state index in [1.807, 2.05) is 29.5 Å². The molecule has 0 bridgehead atoms. The second kappa shape index (κ2) is 5.67. The zero-order valence-electron chi connectivity index (χ0n) is 10.0. The summed E-state index contributed by atoms with van der Waals surface area (Å²) in [6, 6.07) is 12.6. The maximum Gasteiger partial charge on any atom is 0.0685 e. The molecule has 0 aliphatic heterocycles. The van der Waals surface area contributed by atoms with E-state index in [0.717, 1.165) is 17.1 Å². The van der Waals surface area contributed by atoms with Gasteiger partial charge in [-0.1, -0.05) is 36.7 Å². The molecule has 0 spiro atoms. The highest BCUT2D eigenvalue weighted by molar-refractivity contribution is 7.12. The fourth-order valence-electron chi connectivity index (χ4n) is 1.89. The molecule has 1 aromatic carbocycles. The lowest BCUT2D eigenvalue weighted by Crippen LogP contribution is -2.21. The molecule has 1 N–H and O–H groups in total. The van der Waals surface area contributed by atoms with E-state index in [1.165, 1.54) is 9.75 Å². The molecule has 0 saturated carbocycles. The van der Waals surface area contributed by atoms with E-state index in [0.29, 0.717) is 0 Å². The van der Waals surface area contributed by atoms with Crippen molar-refractivity contribution in [2.24, 2.45) is 0 Å². The minimum absolute atomic E-state index is 0.201. The van der Waals surface area contributed by atoms with Crippen LogP contribution >= 0.6 is 22.9 Å². The molecule has 0 aliphatic carbocycles. The quantitative estimate of drug-likeness (QED) is 0.864. The largest absolute Gasteiger partial charge is 0.306 e. The predicted octanol–water partition coefficient (Wildman–Crippen LogP) is 4.41. The lowest BCUT2D eigenvalue weighted by atomic mass is 10.1. The monoisotopic (exact) mass is 265 g/mol. The summed E-state index contributed by atoms with van der Waals surface area (Å²) in [6.07, 6.45) is 0. The average Bonchev–Trinajstić information content (AvgIpc) is 2.74. The first-order valence-electron chi connectivity index (χ1n) is 5.76. The van der Waals surface area contributed by atoms with Crippen LogP contribution in [-0.4, -0.2) is 6.54 Å². The molecule has 1 heterocycles. The molecule has 2 aromatic rings. The van der Waals surface area contributed by atoms with Gasteiger partial charge in [0.25, 0.3) is 0 Å². The van der Waals surface area contributed by atoms with E-state index >= 15 is 0 Å². The number of rotatable bonds is 4. The van der Waals surface area contributed by atoms with Crippen LogP contribution in [-0.2, 0) is 0 Å². The second-order valence-electron chi connectivity index (χ2n) is 3.96. The summed E-state index contributed by atoms with van der Waals surface area (Å²) < 4.78 is 0. The van der Waals surface area contributed by atoms with Crippen LogP contribution in [0.5, 0.6) is 0 Å². The molecule has 1 atom stereocenters. The summed E-state index contributed by atoms with van der Waals surface area (Å²) in [4.78, 5) is 2.65. The van der Waals surface area contributed by atoms with Crippen LogP contribution in [0.1, 0.15) is 28.3 Å². The smallest absolute Gasteiger partial charge is 0.0685 e. The van der Waals surface area contributed by atoms with E-state index in [-0.39, 0.29) is 6.04 Å². The van der Waals surface area contributed by atoms with Gasteiger partial charge < -0.3 is 5.32 Å². The molecule has 0 saturated heterocycles. The van der Waals surface area contributed by atoms with Crippen LogP contribution in [0.3, 0.4) is 0 Å². The molecule has 0 amide bonds. The summed E-state index contributed by atoms with van der Waals surface area (Å²) in [6.45, 7) is 5.17. The molecule has 0 fully saturated rings. The van der Waals surface area contributed by atoms with Gasteiger partial charge in [-0.05, 0) is 37.2 Å². The number of nitrogens with one attached hydrogen (secondary N) is 1. The lowest BCUT2D eigenvalue weighted by molar-refractivity contribution is 0.640. The summed E-state index contributed by atoms with van der Waals surface area (Å²) in [5.74, 6) is 0. The van der Waals surface area contributed by atoms with Crippen molar-refractivity contribution in [3.05, 3.63) is 56.7 Å². The van der Waals surface area contributed by atoms with Crippen molar-refractivity contribution in [2.45, 2.75) is 19.9 Å². The first-order valence-corrected chi connectivity index (χ1v) is 6.96. The number of hydrogen-bond acceptors (Lipinski definition) is 2. The maximum atomic E-state index is 6.28. The Morgan fingerprint density at radius 2 is 2.00 bits per heavy atom. The van der Waals surface area contributed by atoms with E-state index in [1.54, 1.807) is 0 Å². The first-order chi connectivity index (χ1) is 8.22. The summed E-state index contributed by atoms with van der Waals surface area (Å²) in [7, 11) is 0. The van der Waals surface area contributed by atoms with Crippen LogP contribution in [0, 0.1) is 6.92 Å². The number of halogens is 1. The summed E-state index contributed by atoms with van der Waals surface area (Å²) in [5, 5.41) is 4.32. The minimum Gasteiger partial charge on any atom is -0.306 e. The predicted molar refractivity (Wildman–Crippen MR) is 76.0 cm³/mol. The number of hydrogen-bond donors (Lipinski definition) is 1. The molecule has 1 unspecified atom stereocenters. The van der Waals surface area contributed by atoms with Gasteiger partial charge in [0, 0.05) is 14.8 Å². The Labute approximate surface area is 111 Å². The van der Waals surface area contributed by atoms with Crippen LogP contribution in [0.25, 0.3) is 0 Å². The molecule has 1 nitrogen and oxygen atoms in total. The second-order valence-corrected chi connectivity index (χ2v) is 5.69. The van der Waals surface area contributed by atoms with Gasteiger partial charge in [-0.25, -0.2) is 0 Å². The molecule has 3 heteroatoms. The number of thiophene rings is 1.